The van der Waals surface area contributed by atoms with Crippen molar-refractivity contribution in [1.82, 2.24) is 15.6 Å². The van der Waals surface area contributed by atoms with Crippen LogP contribution in [0.2, 0.25) is 0 Å². The van der Waals surface area contributed by atoms with Crippen LogP contribution < -0.4 is 10.6 Å². The van der Waals surface area contributed by atoms with Gasteiger partial charge in [0.15, 0.2) is 0 Å². The molecule has 1 aromatic carbocycles. The van der Waals surface area contributed by atoms with E-state index >= 15 is 0 Å². The molecule has 0 radical (unpaired) electrons. The minimum absolute atomic E-state index is 0.0789. The number of carbonyl (C=O) groups excluding carboxylic acids is 2. The molecule has 6 heteroatoms. The summed E-state index contributed by atoms with van der Waals surface area (Å²) in [7, 11) is 0. The lowest BCUT2D eigenvalue weighted by molar-refractivity contribution is -0.124. The first-order valence-corrected chi connectivity index (χ1v) is 8.63. The molecular weight excluding hydrogens is 330 g/mol. The second kappa shape index (κ2) is 9.56. The van der Waals surface area contributed by atoms with Crippen molar-refractivity contribution in [3.63, 3.8) is 0 Å². The Morgan fingerprint density at radius 3 is 2.46 bits per heavy atom. The molecule has 1 heterocycles. The van der Waals surface area contributed by atoms with Crippen LogP contribution in [0.25, 0.3) is 0 Å². The Bertz CT molecular complexity index is 732. The first-order chi connectivity index (χ1) is 12.5. The minimum Gasteiger partial charge on any atom is -0.445 e. The number of pyridine rings is 1. The molecule has 1 aromatic heterocycles. The molecule has 0 aliphatic heterocycles. The van der Waals surface area contributed by atoms with Crippen LogP contribution in [0.5, 0.6) is 0 Å². The third kappa shape index (κ3) is 6.20. The van der Waals surface area contributed by atoms with Crippen LogP contribution in [0.1, 0.15) is 30.8 Å². The minimum atomic E-state index is -0.678. The predicted molar refractivity (Wildman–Crippen MR) is 99.2 cm³/mol. The molecule has 0 bridgehead atoms. The van der Waals surface area contributed by atoms with Crippen molar-refractivity contribution in [3.8, 4) is 0 Å². The van der Waals surface area contributed by atoms with Gasteiger partial charge in [-0.05, 0) is 30.5 Å². The smallest absolute Gasteiger partial charge is 0.408 e. The normalized spacial score (nSPS) is 11.7. The summed E-state index contributed by atoms with van der Waals surface area (Å²) in [6.45, 7) is 6.10. The highest BCUT2D eigenvalue weighted by Crippen LogP contribution is 2.05. The van der Waals surface area contributed by atoms with Crippen LogP contribution in [0, 0.1) is 12.8 Å². The first-order valence-electron chi connectivity index (χ1n) is 8.63. The highest BCUT2D eigenvalue weighted by atomic mass is 16.5. The van der Waals surface area contributed by atoms with E-state index in [-0.39, 0.29) is 18.4 Å². The van der Waals surface area contributed by atoms with Gasteiger partial charge in [0.2, 0.25) is 5.91 Å². The van der Waals surface area contributed by atoms with Gasteiger partial charge in [0.1, 0.15) is 12.6 Å². The van der Waals surface area contributed by atoms with E-state index in [1.807, 2.05) is 69.3 Å². The van der Waals surface area contributed by atoms with Crippen LogP contribution in [-0.2, 0) is 22.7 Å². The summed E-state index contributed by atoms with van der Waals surface area (Å²) in [6.07, 6.45) is -0.614. The molecule has 2 rings (SSSR count). The molecule has 2 N–H and O–H groups in total. The molecule has 0 saturated carbocycles. The Hall–Kier alpha value is -2.89. The Kier molecular flexibility index (Phi) is 7.14. The summed E-state index contributed by atoms with van der Waals surface area (Å²) < 4.78 is 5.20. The molecule has 0 saturated heterocycles. The van der Waals surface area contributed by atoms with Gasteiger partial charge in [-0.3, -0.25) is 9.78 Å². The number of hydrogen-bond acceptors (Lipinski definition) is 4. The van der Waals surface area contributed by atoms with Gasteiger partial charge in [-0.1, -0.05) is 50.2 Å². The third-order valence-corrected chi connectivity index (χ3v) is 3.82. The second-order valence-corrected chi connectivity index (χ2v) is 6.42. The van der Waals surface area contributed by atoms with E-state index in [0.29, 0.717) is 6.54 Å². The van der Waals surface area contributed by atoms with Gasteiger partial charge in [-0.15, -0.1) is 0 Å². The van der Waals surface area contributed by atoms with E-state index < -0.39 is 12.1 Å². The van der Waals surface area contributed by atoms with E-state index in [1.54, 1.807) is 0 Å². The molecular formula is C20H25N3O3. The predicted octanol–water partition coefficient (Wildman–Crippen LogP) is 2.96. The van der Waals surface area contributed by atoms with Gasteiger partial charge >= 0.3 is 6.09 Å². The Morgan fingerprint density at radius 1 is 1.08 bits per heavy atom. The van der Waals surface area contributed by atoms with Crippen LogP contribution in [0.4, 0.5) is 4.79 Å². The number of benzene rings is 1. The number of nitrogens with one attached hydrogen (secondary N) is 2. The van der Waals surface area contributed by atoms with Crippen molar-refractivity contribution < 1.29 is 14.3 Å². The molecule has 6 nitrogen and oxygen atoms in total. The lowest BCUT2D eigenvalue weighted by Gasteiger charge is -2.21. The van der Waals surface area contributed by atoms with Gasteiger partial charge in [-0.2, -0.15) is 0 Å². The molecule has 2 aromatic rings. The zero-order chi connectivity index (χ0) is 18.9. The number of ether oxygens (including phenoxy) is 1. The summed E-state index contributed by atoms with van der Waals surface area (Å²) in [4.78, 5) is 28.8. The van der Waals surface area contributed by atoms with E-state index in [9.17, 15) is 9.59 Å². The van der Waals surface area contributed by atoms with Crippen molar-refractivity contribution in [2.75, 3.05) is 0 Å². The Balaban J connectivity index is 1.86. The molecule has 0 aliphatic rings. The lowest BCUT2D eigenvalue weighted by atomic mass is 10.0. The van der Waals surface area contributed by atoms with Crippen molar-refractivity contribution in [2.45, 2.75) is 40.0 Å². The third-order valence-electron chi connectivity index (χ3n) is 3.82. The largest absolute Gasteiger partial charge is 0.445 e. The maximum Gasteiger partial charge on any atom is 0.408 e. The standard InChI is InChI=1S/C20H25N3O3/c1-14(2)18(19(24)21-12-17-11-7-8-15(3)22-17)23-20(25)26-13-16-9-5-4-6-10-16/h4-11,14,18H,12-13H2,1-3H3,(H,21,24)(H,23,25)/t18-/m0/s1. The van der Waals surface area contributed by atoms with Gasteiger partial charge in [0.05, 0.1) is 12.2 Å². The zero-order valence-corrected chi connectivity index (χ0v) is 15.4. The fourth-order valence-electron chi connectivity index (χ4n) is 2.41. The van der Waals surface area contributed by atoms with E-state index in [2.05, 4.69) is 15.6 Å². The summed E-state index contributed by atoms with van der Waals surface area (Å²) in [5.74, 6) is -0.343. The zero-order valence-electron chi connectivity index (χ0n) is 15.4. The molecule has 2 amide bonds. The SMILES string of the molecule is Cc1cccc(CNC(=O)[C@@H](NC(=O)OCc2ccccc2)C(C)C)n1. The molecule has 1 atom stereocenters. The average Bonchev–Trinajstić information content (AvgIpc) is 2.63. The number of aromatic nitrogens is 1. The monoisotopic (exact) mass is 355 g/mol. The highest BCUT2D eigenvalue weighted by Gasteiger charge is 2.24. The molecule has 0 fully saturated rings. The fraction of sp³-hybridized carbons (Fsp3) is 0.350. The summed E-state index contributed by atoms with van der Waals surface area (Å²) in [6, 6.07) is 14.3. The number of alkyl carbamates (subject to hydrolysis) is 1. The number of amides is 2. The van der Waals surface area contributed by atoms with Crippen LogP contribution in [-0.4, -0.2) is 23.0 Å². The number of rotatable bonds is 7. The summed E-state index contributed by atoms with van der Waals surface area (Å²) in [5, 5.41) is 5.46. The molecule has 0 unspecified atom stereocenters. The number of hydrogen-bond donors (Lipinski definition) is 2. The van der Waals surface area contributed by atoms with Gasteiger partial charge < -0.3 is 15.4 Å². The average molecular weight is 355 g/mol. The molecule has 26 heavy (non-hydrogen) atoms. The van der Waals surface area contributed by atoms with E-state index in [4.69, 9.17) is 4.74 Å². The van der Waals surface area contributed by atoms with Crippen molar-refractivity contribution in [2.24, 2.45) is 5.92 Å². The summed E-state index contributed by atoms with van der Waals surface area (Å²) >= 11 is 0. The molecule has 0 aliphatic carbocycles. The first kappa shape index (κ1) is 19.4. The van der Waals surface area contributed by atoms with Crippen LogP contribution >= 0.6 is 0 Å². The topological polar surface area (TPSA) is 80.3 Å². The second-order valence-electron chi connectivity index (χ2n) is 6.42. The number of nitrogens with zero attached hydrogens (tertiary/aromatic N) is 1. The lowest BCUT2D eigenvalue weighted by Crippen LogP contribution is -2.49. The van der Waals surface area contributed by atoms with E-state index in [1.165, 1.54) is 0 Å². The van der Waals surface area contributed by atoms with Crippen LogP contribution in [0.15, 0.2) is 48.5 Å². The highest BCUT2D eigenvalue weighted by molar-refractivity contribution is 5.85. The maximum atomic E-state index is 12.4. The van der Waals surface area contributed by atoms with E-state index in [0.717, 1.165) is 17.0 Å². The maximum absolute atomic E-state index is 12.4. The van der Waals surface area contributed by atoms with Crippen molar-refractivity contribution >= 4 is 12.0 Å². The molecule has 0 spiro atoms. The van der Waals surface area contributed by atoms with Gasteiger partial charge in [0, 0.05) is 5.69 Å². The van der Waals surface area contributed by atoms with Crippen molar-refractivity contribution in [1.29, 1.82) is 0 Å². The van der Waals surface area contributed by atoms with Crippen molar-refractivity contribution in [3.05, 3.63) is 65.5 Å². The van der Waals surface area contributed by atoms with Gasteiger partial charge in [-0.25, -0.2) is 4.79 Å². The molecule has 138 valence electrons. The van der Waals surface area contributed by atoms with Crippen LogP contribution in [0.3, 0.4) is 0 Å². The quantitative estimate of drug-likeness (QED) is 0.800. The fourth-order valence-corrected chi connectivity index (χ4v) is 2.41. The Labute approximate surface area is 154 Å². The van der Waals surface area contributed by atoms with Gasteiger partial charge in [0.25, 0.3) is 0 Å². The number of aryl methyl sites for hydroxylation is 1. The summed E-state index contributed by atoms with van der Waals surface area (Å²) in [5.41, 5.74) is 2.55. The Morgan fingerprint density at radius 2 is 1.81 bits per heavy atom. The number of carbonyl (C=O) groups is 2.